The first-order chi connectivity index (χ1) is 7.69. The van der Waals surface area contributed by atoms with E-state index < -0.39 is 0 Å². The lowest BCUT2D eigenvalue weighted by molar-refractivity contribution is 0.318. The predicted octanol–water partition coefficient (Wildman–Crippen LogP) is 2.39. The molecule has 1 heterocycles. The largest absolute Gasteiger partial charge is 0.397 e. The zero-order chi connectivity index (χ0) is 12.0. The molecule has 16 heavy (non-hydrogen) atoms. The highest BCUT2D eigenvalue weighted by Crippen LogP contribution is 2.25. The summed E-state index contributed by atoms with van der Waals surface area (Å²) in [6.07, 6.45) is 1.92. The first-order valence-electron chi connectivity index (χ1n) is 5.48. The summed E-state index contributed by atoms with van der Waals surface area (Å²) in [7, 11) is 0. The number of halogens is 2. The van der Waals surface area contributed by atoms with Gasteiger partial charge in [0.05, 0.1) is 0 Å². The van der Waals surface area contributed by atoms with Gasteiger partial charge < -0.3 is 10.4 Å². The van der Waals surface area contributed by atoms with E-state index in [1.807, 2.05) is 0 Å². The van der Waals surface area contributed by atoms with E-state index in [-0.39, 0.29) is 24.3 Å². The predicted molar refractivity (Wildman–Crippen MR) is 59.1 cm³/mol. The molecule has 1 aliphatic heterocycles. The van der Waals surface area contributed by atoms with E-state index in [9.17, 15) is 8.78 Å². The van der Waals surface area contributed by atoms with E-state index in [1.165, 1.54) is 12.1 Å². The standard InChI is InChI=1S/C10H11F2N.C2H6O/c11-7-3-4-9(12)8(6-7)10-2-1-5-13-10;1-2-3/h3-4,6,10,13H,1-2,5H2;3H,2H2,1H3/t10-;/m1./s1. The van der Waals surface area contributed by atoms with Gasteiger partial charge in [-0.1, -0.05) is 0 Å². The van der Waals surface area contributed by atoms with E-state index in [4.69, 9.17) is 5.11 Å². The number of hydrogen-bond acceptors (Lipinski definition) is 2. The molecule has 1 aromatic rings. The normalized spacial score (nSPS) is 19.1. The van der Waals surface area contributed by atoms with Crippen LogP contribution in [0.4, 0.5) is 8.78 Å². The van der Waals surface area contributed by atoms with E-state index in [2.05, 4.69) is 5.32 Å². The number of rotatable bonds is 1. The lowest BCUT2D eigenvalue weighted by Crippen LogP contribution is -2.14. The number of nitrogens with one attached hydrogen (secondary N) is 1. The maximum absolute atomic E-state index is 13.2. The first kappa shape index (κ1) is 13.1. The van der Waals surface area contributed by atoms with Gasteiger partial charge in [-0.2, -0.15) is 0 Å². The van der Waals surface area contributed by atoms with Gasteiger partial charge in [-0.15, -0.1) is 0 Å². The van der Waals surface area contributed by atoms with Crippen molar-refractivity contribution in [1.82, 2.24) is 5.32 Å². The second kappa shape index (κ2) is 6.55. The summed E-state index contributed by atoms with van der Waals surface area (Å²) in [5.41, 5.74) is 0.456. The summed E-state index contributed by atoms with van der Waals surface area (Å²) in [6.45, 7) is 2.82. The molecule has 1 aromatic carbocycles. The van der Waals surface area contributed by atoms with Crippen molar-refractivity contribution in [3.05, 3.63) is 35.4 Å². The zero-order valence-electron chi connectivity index (χ0n) is 9.34. The molecule has 0 spiro atoms. The van der Waals surface area contributed by atoms with Crippen molar-refractivity contribution < 1.29 is 13.9 Å². The Hall–Kier alpha value is -1.00. The Balaban J connectivity index is 0.000000386. The molecule has 0 bridgehead atoms. The van der Waals surface area contributed by atoms with Crippen molar-refractivity contribution in [3.63, 3.8) is 0 Å². The van der Waals surface area contributed by atoms with Crippen LogP contribution < -0.4 is 5.32 Å². The van der Waals surface area contributed by atoms with Gasteiger partial charge in [0.2, 0.25) is 0 Å². The van der Waals surface area contributed by atoms with Crippen LogP contribution in [0.1, 0.15) is 31.4 Å². The molecule has 1 atom stereocenters. The Morgan fingerprint density at radius 2 is 2.12 bits per heavy atom. The van der Waals surface area contributed by atoms with E-state index in [0.717, 1.165) is 25.5 Å². The molecule has 0 unspecified atom stereocenters. The summed E-state index contributed by atoms with van der Waals surface area (Å²) < 4.78 is 26.0. The SMILES string of the molecule is CCO.Fc1ccc(F)c([C@H]2CCCN2)c1. The molecule has 0 saturated carbocycles. The minimum absolute atomic E-state index is 0.00398. The van der Waals surface area contributed by atoms with Gasteiger partial charge in [0.1, 0.15) is 11.6 Å². The number of benzene rings is 1. The lowest BCUT2D eigenvalue weighted by atomic mass is 10.0. The van der Waals surface area contributed by atoms with E-state index in [1.54, 1.807) is 6.92 Å². The second-order valence-corrected chi connectivity index (χ2v) is 3.63. The fourth-order valence-corrected chi connectivity index (χ4v) is 1.73. The third kappa shape index (κ3) is 3.54. The molecular formula is C12H17F2NO. The van der Waals surface area contributed by atoms with Crippen LogP contribution in [0.15, 0.2) is 18.2 Å². The molecule has 4 heteroatoms. The van der Waals surface area contributed by atoms with Crippen molar-refractivity contribution in [1.29, 1.82) is 0 Å². The molecule has 2 nitrogen and oxygen atoms in total. The minimum Gasteiger partial charge on any atom is -0.397 e. The molecule has 1 fully saturated rings. The van der Waals surface area contributed by atoms with Gasteiger partial charge in [-0.05, 0) is 44.5 Å². The van der Waals surface area contributed by atoms with Crippen LogP contribution in [-0.4, -0.2) is 18.3 Å². The summed E-state index contributed by atoms with van der Waals surface area (Å²) in [5, 5.41) is 10.7. The summed E-state index contributed by atoms with van der Waals surface area (Å²) in [6, 6.07) is 3.60. The highest BCUT2D eigenvalue weighted by molar-refractivity contribution is 5.23. The molecular weight excluding hydrogens is 212 g/mol. The molecule has 0 aromatic heterocycles. The van der Waals surface area contributed by atoms with Crippen molar-refractivity contribution in [2.45, 2.75) is 25.8 Å². The summed E-state index contributed by atoms with van der Waals surface area (Å²) >= 11 is 0. The fraction of sp³-hybridized carbons (Fsp3) is 0.500. The molecule has 1 aliphatic rings. The number of aliphatic hydroxyl groups excluding tert-OH is 1. The van der Waals surface area contributed by atoms with Gasteiger partial charge in [0, 0.05) is 18.2 Å². The minimum atomic E-state index is -0.370. The van der Waals surface area contributed by atoms with E-state index in [0.29, 0.717) is 5.56 Å². The maximum atomic E-state index is 13.2. The van der Waals surface area contributed by atoms with Crippen LogP contribution in [0.25, 0.3) is 0 Å². The Labute approximate surface area is 94.3 Å². The van der Waals surface area contributed by atoms with Gasteiger partial charge in [-0.3, -0.25) is 0 Å². The average molecular weight is 229 g/mol. The zero-order valence-corrected chi connectivity index (χ0v) is 9.34. The average Bonchev–Trinajstić information content (AvgIpc) is 2.76. The topological polar surface area (TPSA) is 32.3 Å². The van der Waals surface area contributed by atoms with Crippen LogP contribution in [0, 0.1) is 11.6 Å². The Kier molecular flexibility index (Phi) is 5.35. The Morgan fingerprint density at radius 3 is 2.69 bits per heavy atom. The third-order valence-electron chi connectivity index (χ3n) is 2.39. The molecule has 0 aliphatic carbocycles. The van der Waals surface area contributed by atoms with Gasteiger partial charge >= 0.3 is 0 Å². The van der Waals surface area contributed by atoms with Gasteiger partial charge in [0.25, 0.3) is 0 Å². The Morgan fingerprint density at radius 1 is 1.44 bits per heavy atom. The van der Waals surface area contributed by atoms with Crippen LogP contribution >= 0.6 is 0 Å². The van der Waals surface area contributed by atoms with Crippen LogP contribution in [-0.2, 0) is 0 Å². The smallest absolute Gasteiger partial charge is 0.128 e. The van der Waals surface area contributed by atoms with Crippen LogP contribution in [0.3, 0.4) is 0 Å². The molecule has 90 valence electrons. The second-order valence-electron chi connectivity index (χ2n) is 3.63. The number of aliphatic hydroxyl groups is 1. The molecule has 2 N–H and O–H groups in total. The molecule has 0 amide bonds. The monoisotopic (exact) mass is 229 g/mol. The first-order valence-corrected chi connectivity index (χ1v) is 5.48. The molecule has 2 rings (SSSR count). The van der Waals surface area contributed by atoms with Gasteiger partial charge in [-0.25, -0.2) is 8.78 Å². The molecule has 0 radical (unpaired) electrons. The highest BCUT2D eigenvalue weighted by atomic mass is 19.1. The van der Waals surface area contributed by atoms with E-state index >= 15 is 0 Å². The third-order valence-corrected chi connectivity index (χ3v) is 2.39. The fourth-order valence-electron chi connectivity index (χ4n) is 1.73. The highest BCUT2D eigenvalue weighted by Gasteiger charge is 2.19. The van der Waals surface area contributed by atoms with Crippen molar-refractivity contribution in [2.75, 3.05) is 13.2 Å². The van der Waals surface area contributed by atoms with Crippen LogP contribution in [0.5, 0.6) is 0 Å². The molecule has 1 saturated heterocycles. The van der Waals surface area contributed by atoms with Crippen molar-refractivity contribution in [2.24, 2.45) is 0 Å². The van der Waals surface area contributed by atoms with Crippen LogP contribution in [0.2, 0.25) is 0 Å². The summed E-state index contributed by atoms with van der Waals surface area (Å²) in [5.74, 6) is -0.689. The lowest BCUT2D eigenvalue weighted by Gasteiger charge is -2.11. The summed E-state index contributed by atoms with van der Waals surface area (Å²) in [4.78, 5) is 0. The van der Waals surface area contributed by atoms with Gasteiger partial charge in [0.15, 0.2) is 0 Å². The Bertz CT molecular complexity index is 325. The number of hydrogen-bond donors (Lipinski definition) is 2. The van der Waals surface area contributed by atoms with Crippen molar-refractivity contribution >= 4 is 0 Å². The quantitative estimate of drug-likeness (QED) is 0.775. The maximum Gasteiger partial charge on any atom is 0.128 e. The van der Waals surface area contributed by atoms with Crippen molar-refractivity contribution in [3.8, 4) is 0 Å².